The molecular formula is C17H12BrIN2O2. The maximum absolute atomic E-state index is 12.2. The second kappa shape index (κ2) is 8.13. The first-order valence-corrected chi connectivity index (χ1v) is 8.43. The number of rotatable bonds is 4. The Kier molecular flexibility index (Phi) is 6.19. The molecular weight excluding hydrogens is 471 g/mol. The number of anilines is 1. The summed E-state index contributed by atoms with van der Waals surface area (Å²) in [5, 5.41) is 12.0. The molecule has 0 aliphatic carbocycles. The second-order valence-electron chi connectivity index (χ2n) is 4.53. The van der Waals surface area contributed by atoms with Crippen LogP contribution in [0.2, 0.25) is 0 Å². The Bertz CT molecular complexity index is 812. The zero-order valence-electron chi connectivity index (χ0n) is 12.1. The van der Waals surface area contributed by atoms with Gasteiger partial charge in [0.1, 0.15) is 17.4 Å². The minimum Gasteiger partial charge on any atom is -0.496 e. The van der Waals surface area contributed by atoms with Gasteiger partial charge in [-0.25, -0.2) is 0 Å². The van der Waals surface area contributed by atoms with Crippen LogP contribution in [-0.2, 0) is 4.79 Å². The van der Waals surface area contributed by atoms with E-state index >= 15 is 0 Å². The van der Waals surface area contributed by atoms with Crippen molar-refractivity contribution in [1.82, 2.24) is 0 Å². The van der Waals surface area contributed by atoms with Crippen molar-refractivity contribution in [3.63, 3.8) is 0 Å². The van der Waals surface area contributed by atoms with Crippen LogP contribution >= 0.6 is 38.5 Å². The second-order valence-corrected chi connectivity index (χ2v) is 6.63. The van der Waals surface area contributed by atoms with Crippen molar-refractivity contribution >= 4 is 56.2 Å². The molecule has 0 aliphatic rings. The largest absolute Gasteiger partial charge is 0.496 e. The third-order valence-corrected chi connectivity index (χ3v) is 4.23. The number of hydrogen-bond donors (Lipinski definition) is 1. The number of carbonyl (C=O) groups is 1. The molecule has 0 atom stereocenters. The van der Waals surface area contributed by atoms with Crippen LogP contribution in [0.5, 0.6) is 5.75 Å². The van der Waals surface area contributed by atoms with Gasteiger partial charge in [0.25, 0.3) is 5.91 Å². The van der Waals surface area contributed by atoms with Crippen LogP contribution in [0.1, 0.15) is 5.56 Å². The lowest BCUT2D eigenvalue weighted by molar-refractivity contribution is -0.112. The third-order valence-electron chi connectivity index (χ3n) is 2.93. The molecule has 4 nitrogen and oxygen atoms in total. The van der Waals surface area contributed by atoms with Crippen molar-refractivity contribution in [2.75, 3.05) is 12.4 Å². The summed E-state index contributed by atoms with van der Waals surface area (Å²) >= 11 is 5.54. The van der Waals surface area contributed by atoms with Crippen molar-refractivity contribution < 1.29 is 9.53 Å². The van der Waals surface area contributed by atoms with Gasteiger partial charge in [0.15, 0.2) is 0 Å². The fraction of sp³-hybridized carbons (Fsp3) is 0.0588. The quantitative estimate of drug-likeness (QED) is 0.393. The molecule has 0 spiro atoms. The van der Waals surface area contributed by atoms with Crippen LogP contribution in [0.3, 0.4) is 0 Å². The summed E-state index contributed by atoms with van der Waals surface area (Å²) in [7, 11) is 1.57. The highest BCUT2D eigenvalue weighted by Gasteiger charge is 2.10. The van der Waals surface area contributed by atoms with Gasteiger partial charge in [-0.2, -0.15) is 5.26 Å². The molecule has 0 unspecified atom stereocenters. The highest BCUT2D eigenvalue weighted by atomic mass is 127. The predicted molar refractivity (Wildman–Crippen MR) is 102 cm³/mol. The molecule has 2 aromatic carbocycles. The molecule has 6 heteroatoms. The van der Waals surface area contributed by atoms with E-state index in [1.54, 1.807) is 31.4 Å². The van der Waals surface area contributed by atoms with Crippen molar-refractivity contribution in [3.05, 3.63) is 61.6 Å². The summed E-state index contributed by atoms with van der Waals surface area (Å²) in [4.78, 5) is 12.2. The molecule has 1 N–H and O–H groups in total. The van der Waals surface area contributed by atoms with Crippen LogP contribution in [-0.4, -0.2) is 13.0 Å². The molecule has 2 rings (SSSR count). The van der Waals surface area contributed by atoms with E-state index in [-0.39, 0.29) is 5.57 Å². The average Bonchev–Trinajstić information content (AvgIpc) is 2.52. The SMILES string of the molecule is COc1ccc(/C=C(\C#N)C(=O)Nc2cccc(I)c2)cc1Br. The van der Waals surface area contributed by atoms with E-state index in [2.05, 4.69) is 43.8 Å². The summed E-state index contributed by atoms with van der Waals surface area (Å²) in [6.07, 6.45) is 1.54. The molecule has 0 aromatic heterocycles. The van der Waals surface area contributed by atoms with Crippen LogP contribution < -0.4 is 10.1 Å². The van der Waals surface area contributed by atoms with Gasteiger partial charge in [-0.1, -0.05) is 12.1 Å². The van der Waals surface area contributed by atoms with Gasteiger partial charge in [0.2, 0.25) is 0 Å². The number of nitriles is 1. The molecule has 2 aromatic rings. The van der Waals surface area contributed by atoms with Gasteiger partial charge >= 0.3 is 0 Å². The van der Waals surface area contributed by atoms with Crippen LogP contribution in [0, 0.1) is 14.9 Å². The molecule has 23 heavy (non-hydrogen) atoms. The minimum atomic E-state index is -0.443. The van der Waals surface area contributed by atoms with E-state index in [0.29, 0.717) is 11.4 Å². The van der Waals surface area contributed by atoms with E-state index in [1.165, 1.54) is 6.08 Å². The standard InChI is InChI=1S/C17H12BrIN2O2/c1-23-16-6-5-11(8-15(16)18)7-12(10-20)17(22)21-14-4-2-3-13(19)9-14/h2-9H,1H3,(H,21,22)/b12-7+. The molecule has 0 fully saturated rings. The molecule has 0 radical (unpaired) electrons. The lowest BCUT2D eigenvalue weighted by Gasteiger charge is -2.06. The fourth-order valence-electron chi connectivity index (χ4n) is 1.85. The van der Waals surface area contributed by atoms with Crippen molar-refractivity contribution in [2.45, 2.75) is 0 Å². The van der Waals surface area contributed by atoms with E-state index in [9.17, 15) is 10.1 Å². The molecule has 0 heterocycles. The number of nitrogens with zero attached hydrogens (tertiary/aromatic N) is 1. The number of methoxy groups -OCH3 is 1. The number of nitrogens with one attached hydrogen (secondary N) is 1. The summed E-state index contributed by atoms with van der Waals surface area (Å²) in [6.45, 7) is 0. The average molecular weight is 483 g/mol. The van der Waals surface area contributed by atoms with Gasteiger partial charge < -0.3 is 10.1 Å². The number of ether oxygens (including phenoxy) is 1. The molecule has 0 bridgehead atoms. The normalized spacial score (nSPS) is 10.8. The molecule has 1 amide bonds. The van der Waals surface area contributed by atoms with Gasteiger partial charge in [-0.3, -0.25) is 4.79 Å². The summed E-state index contributed by atoms with van der Waals surface area (Å²) in [5.41, 5.74) is 1.41. The first-order valence-electron chi connectivity index (χ1n) is 6.55. The van der Waals surface area contributed by atoms with E-state index in [0.717, 1.165) is 13.6 Å². The first-order chi connectivity index (χ1) is 11.0. The lowest BCUT2D eigenvalue weighted by atomic mass is 10.1. The molecule has 0 saturated heterocycles. The Balaban J connectivity index is 2.23. The number of amides is 1. The predicted octanol–water partition coefficient (Wildman–Crippen LogP) is 4.61. The minimum absolute atomic E-state index is 0.0286. The van der Waals surface area contributed by atoms with Crippen LogP contribution in [0.4, 0.5) is 5.69 Å². The fourth-order valence-corrected chi connectivity index (χ4v) is 2.95. The first kappa shape index (κ1) is 17.5. The summed E-state index contributed by atoms with van der Waals surface area (Å²) < 4.78 is 6.91. The smallest absolute Gasteiger partial charge is 0.266 e. The highest BCUT2D eigenvalue weighted by Crippen LogP contribution is 2.26. The van der Waals surface area contributed by atoms with Gasteiger partial charge in [0.05, 0.1) is 11.6 Å². The number of benzene rings is 2. The summed E-state index contributed by atoms with van der Waals surface area (Å²) in [5.74, 6) is 0.241. The van der Waals surface area contributed by atoms with Gasteiger partial charge in [-0.15, -0.1) is 0 Å². The van der Waals surface area contributed by atoms with E-state index < -0.39 is 5.91 Å². The van der Waals surface area contributed by atoms with Gasteiger partial charge in [0, 0.05) is 9.26 Å². The van der Waals surface area contributed by atoms with Crippen molar-refractivity contribution in [1.29, 1.82) is 5.26 Å². The van der Waals surface area contributed by atoms with E-state index in [4.69, 9.17) is 4.74 Å². The van der Waals surface area contributed by atoms with Crippen LogP contribution in [0.15, 0.2) is 52.5 Å². The van der Waals surface area contributed by atoms with E-state index in [1.807, 2.05) is 24.3 Å². The zero-order chi connectivity index (χ0) is 16.8. The maximum Gasteiger partial charge on any atom is 0.266 e. The molecule has 116 valence electrons. The third kappa shape index (κ3) is 4.81. The zero-order valence-corrected chi connectivity index (χ0v) is 15.9. The Morgan fingerprint density at radius 2 is 2.13 bits per heavy atom. The Morgan fingerprint density at radius 1 is 1.35 bits per heavy atom. The number of hydrogen-bond acceptors (Lipinski definition) is 3. The van der Waals surface area contributed by atoms with Crippen molar-refractivity contribution in [3.8, 4) is 11.8 Å². The Morgan fingerprint density at radius 3 is 2.74 bits per heavy atom. The summed E-state index contributed by atoms with van der Waals surface area (Å²) in [6, 6.07) is 14.6. The van der Waals surface area contributed by atoms with Crippen molar-refractivity contribution in [2.24, 2.45) is 0 Å². The van der Waals surface area contributed by atoms with Gasteiger partial charge in [-0.05, 0) is 80.5 Å². The number of halogens is 2. The molecule has 0 aliphatic heterocycles. The lowest BCUT2D eigenvalue weighted by Crippen LogP contribution is -2.13. The Hall–Kier alpha value is -1.85. The number of carbonyl (C=O) groups excluding carboxylic acids is 1. The monoisotopic (exact) mass is 482 g/mol. The van der Waals surface area contributed by atoms with Crippen LogP contribution in [0.25, 0.3) is 6.08 Å². The maximum atomic E-state index is 12.2. The topological polar surface area (TPSA) is 62.1 Å². The highest BCUT2D eigenvalue weighted by molar-refractivity contribution is 14.1. The molecule has 0 saturated carbocycles. The Labute approximate surface area is 156 Å².